The van der Waals surface area contributed by atoms with Crippen LogP contribution in [0.5, 0.6) is 0 Å². The van der Waals surface area contributed by atoms with Crippen molar-refractivity contribution in [3.63, 3.8) is 0 Å². The van der Waals surface area contributed by atoms with Crippen molar-refractivity contribution < 1.29 is 21.9 Å². The molecule has 0 heterocycles. The Kier molecular flexibility index (Phi) is 846. The molecule has 0 spiro atoms. The van der Waals surface area contributed by atoms with Crippen LogP contribution in [0.15, 0.2) is 0 Å². The van der Waals surface area contributed by atoms with E-state index in [1.807, 2.05) is 0 Å². The summed E-state index contributed by atoms with van der Waals surface area (Å²) < 4.78 is 0. The van der Waals surface area contributed by atoms with Gasteiger partial charge in [-0.25, -0.2) is 0 Å². The molecule has 8 N–H and O–H groups in total. The van der Waals surface area contributed by atoms with Crippen LogP contribution in [0.3, 0.4) is 0 Å². The quantitative estimate of drug-likeness (QED) is 0.324. The first-order valence-corrected chi connectivity index (χ1v) is 3.31. The van der Waals surface area contributed by atoms with E-state index in [-0.39, 0.29) is 21.9 Å². The Balaban J connectivity index is -0.000000000833. The van der Waals surface area contributed by atoms with Crippen LogP contribution in [0.25, 0.3) is 0 Å². The second-order valence-electron chi connectivity index (χ2n) is 0. The molecule has 0 saturated heterocycles. The van der Waals surface area contributed by atoms with Crippen molar-refractivity contribution in [1.82, 2.24) is 0 Å². The molecule has 0 aliphatic heterocycles. The van der Waals surface area contributed by atoms with Gasteiger partial charge in [0.05, 0.1) is 0 Å². The molecule has 4 nitrogen and oxygen atoms in total. The van der Waals surface area contributed by atoms with E-state index in [0.717, 1.165) is 34.3 Å². The maximum absolute atomic E-state index is 4.76. The first kappa shape index (κ1) is 52.8. The van der Waals surface area contributed by atoms with E-state index in [1.165, 1.54) is 0 Å². The molecule has 0 fully saturated rings. The van der Waals surface area contributed by atoms with E-state index in [0.29, 0.717) is 0 Å². The maximum atomic E-state index is 4.76. The summed E-state index contributed by atoms with van der Waals surface area (Å²) in [5.41, 5.74) is 0. The molecule has 0 aromatic rings. The molecule has 0 aliphatic carbocycles. The molecule has 0 aromatic carbocycles. The van der Waals surface area contributed by atoms with Crippen molar-refractivity contribution >= 4 is 40.7 Å². The third-order valence-electron chi connectivity index (χ3n) is 0. The third-order valence-corrected chi connectivity index (χ3v) is 0. The standard InChI is InChI=1S/Ca.ClH.4H2O/h;1H;4*1H2/q+1;;;;;/p-1. The molecule has 0 rings (SSSR count). The number of hydrogen-bond acceptors (Lipinski definition) is 0. The Hall–Kier alpha value is 1.39. The molecule has 6 heteroatoms. The Morgan fingerprint density at radius 2 is 0.667 bits per heavy atom. The monoisotopic (exact) mass is 147 g/mol. The fourth-order valence-electron chi connectivity index (χ4n) is 0. The molecule has 0 aromatic heterocycles. The molecule has 0 aliphatic rings. The van der Waals surface area contributed by atoms with E-state index in [2.05, 4.69) is 0 Å². The number of halogens is 1. The molecule has 41 valence electrons. The zero-order valence-electron chi connectivity index (χ0n) is 3.09. The van der Waals surface area contributed by atoms with Crippen molar-refractivity contribution in [3.05, 3.63) is 0 Å². The molecule has 0 atom stereocenters. The summed E-state index contributed by atoms with van der Waals surface area (Å²) in [6.45, 7) is 0. The van der Waals surface area contributed by atoms with Gasteiger partial charge in [0.15, 0.2) is 0 Å². The van der Waals surface area contributed by atoms with Gasteiger partial charge in [-0.3, -0.25) is 0 Å². The molecule has 6 heavy (non-hydrogen) atoms. The molecule has 0 bridgehead atoms. The van der Waals surface area contributed by atoms with Crippen LogP contribution in [0, 0.1) is 0 Å². The summed E-state index contributed by atoms with van der Waals surface area (Å²) in [5, 5.41) is 0. The van der Waals surface area contributed by atoms with Gasteiger partial charge in [0.1, 0.15) is 0 Å². The molecule has 0 unspecified atom stereocenters. The van der Waals surface area contributed by atoms with Gasteiger partial charge >= 0.3 is 40.7 Å². The minimum atomic E-state index is 0. The molecule has 0 amide bonds. The van der Waals surface area contributed by atoms with E-state index < -0.39 is 0 Å². The Morgan fingerprint density at radius 3 is 0.667 bits per heavy atom. The molecular weight excluding hydrogens is 140 g/mol. The SMILES string of the molecule is O.O.O.O.[Cl][Ca]. The molecule has 0 saturated carbocycles. The second kappa shape index (κ2) is 96.1. The van der Waals surface area contributed by atoms with Crippen molar-refractivity contribution in [2.24, 2.45) is 0 Å². The van der Waals surface area contributed by atoms with Crippen LogP contribution < -0.4 is 0 Å². The zero-order valence-corrected chi connectivity index (χ0v) is 6.05. The topological polar surface area (TPSA) is 126 Å². The zero-order chi connectivity index (χ0) is 2.00. The fourth-order valence-corrected chi connectivity index (χ4v) is 0. The summed E-state index contributed by atoms with van der Waals surface area (Å²) in [4.78, 5) is 0. The first-order valence-electron chi connectivity index (χ1n) is 0.267. The van der Waals surface area contributed by atoms with Crippen molar-refractivity contribution in [2.45, 2.75) is 0 Å². The fraction of sp³-hybridized carbons (Fsp3) is 0. The van der Waals surface area contributed by atoms with Crippen LogP contribution in [0.2, 0.25) is 0 Å². The normalized spacial score (nSPS) is 0.667. The van der Waals surface area contributed by atoms with Gasteiger partial charge in [-0.1, -0.05) is 0 Å². The van der Waals surface area contributed by atoms with Crippen LogP contribution >= 0.6 is 6.39 Å². The van der Waals surface area contributed by atoms with Crippen molar-refractivity contribution in [2.75, 3.05) is 0 Å². The predicted molar refractivity (Wildman–Crippen MR) is 26.1 cm³/mol. The summed E-state index contributed by atoms with van der Waals surface area (Å²) in [6.07, 6.45) is 4.76. The summed E-state index contributed by atoms with van der Waals surface area (Å²) >= 11 is 0.847. The first-order chi connectivity index (χ1) is 1.00. The summed E-state index contributed by atoms with van der Waals surface area (Å²) in [6, 6.07) is 0. The van der Waals surface area contributed by atoms with Crippen LogP contribution in [0.4, 0.5) is 0 Å². The van der Waals surface area contributed by atoms with Crippen molar-refractivity contribution in [1.29, 1.82) is 0 Å². The van der Waals surface area contributed by atoms with E-state index >= 15 is 0 Å². The Morgan fingerprint density at radius 1 is 0.667 bits per heavy atom. The van der Waals surface area contributed by atoms with E-state index in [1.54, 1.807) is 0 Å². The van der Waals surface area contributed by atoms with Gasteiger partial charge in [-0.2, -0.15) is 0 Å². The number of rotatable bonds is 0. The summed E-state index contributed by atoms with van der Waals surface area (Å²) in [7, 11) is 0. The molecular formula is H8CaClO4. The minimum absolute atomic E-state index is 0. The molecule has 1 radical (unpaired) electrons. The van der Waals surface area contributed by atoms with Gasteiger partial charge < -0.3 is 21.9 Å². The summed E-state index contributed by atoms with van der Waals surface area (Å²) in [5.74, 6) is 0. The van der Waals surface area contributed by atoms with E-state index in [4.69, 9.17) is 6.39 Å². The average molecular weight is 148 g/mol. The van der Waals surface area contributed by atoms with Crippen LogP contribution in [0.1, 0.15) is 0 Å². The average Bonchev–Trinajstić information content (AvgIpc) is 1.00. The van der Waals surface area contributed by atoms with E-state index in [9.17, 15) is 0 Å². The Labute approximate surface area is 62.1 Å². The van der Waals surface area contributed by atoms with Crippen LogP contribution in [-0.4, -0.2) is 56.2 Å². The second-order valence-corrected chi connectivity index (χ2v) is 0. The van der Waals surface area contributed by atoms with Gasteiger partial charge in [0, 0.05) is 0 Å². The third kappa shape index (κ3) is 53.8. The van der Waals surface area contributed by atoms with Crippen LogP contribution in [-0.2, 0) is 0 Å². The predicted octanol–water partition coefficient (Wildman–Crippen LogP) is -2.99. The van der Waals surface area contributed by atoms with Crippen molar-refractivity contribution in [3.8, 4) is 0 Å². The van der Waals surface area contributed by atoms with Gasteiger partial charge in [0.2, 0.25) is 0 Å². The Bertz CT molecular complexity index is 7.51. The van der Waals surface area contributed by atoms with Gasteiger partial charge in [-0.05, 0) is 0 Å². The van der Waals surface area contributed by atoms with Gasteiger partial charge in [-0.15, -0.1) is 0 Å². The van der Waals surface area contributed by atoms with Gasteiger partial charge in [0.25, 0.3) is 0 Å². The number of hydrogen-bond donors (Lipinski definition) is 0.